The van der Waals surface area contributed by atoms with Crippen LogP contribution in [0.5, 0.6) is 0 Å². The van der Waals surface area contributed by atoms with E-state index >= 15 is 0 Å². The molecule has 0 aliphatic carbocycles. The highest BCUT2D eigenvalue weighted by molar-refractivity contribution is 7.20. The normalized spacial score (nSPS) is 15.0. The molecule has 0 saturated carbocycles. The van der Waals surface area contributed by atoms with E-state index in [9.17, 15) is 4.79 Å². The number of hydrogen-bond donors (Lipinski definition) is 0. The molecular weight excluding hydrogens is 438 g/mol. The van der Waals surface area contributed by atoms with E-state index in [1.807, 2.05) is 58.4 Å². The Morgan fingerprint density at radius 1 is 1.17 bits per heavy atom. The molecule has 0 unspecified atom stereocenters. The zero-order chi connectivity index (χ0) is 20.7. The summed E-state index contributed by atoms with van der Waals surface area (Å²) in [4.78, 5) is 23.6. The number of fused-ring (bicyclic) bond motifs is 1. The number of amides is 1. The quantitative estimate of drug-likeness (QED) is 0.441. The predicted molar refractivity (Wildman–Crippen MR) is 124 cm³/mol. The van der Waals surface area contributed by atoms with Gasteiger partial charge in [0.2, 0.25) is 0 Å². The first-order chi connectivity index (χ1) is 14.6. The van der Waals surface area contributed by atoms with Gasteiger partial charge in [-0.15, -0.1) is 22.7 Å². The SMILES string of the molecule is Cc1nn(-c2cccc(Cl)c2)c2sc(C(=O)N3CCCN(c4nccs4)CC3)cc12. The van der Waals surface area contributed by atoms with Gasteiger partial charge in [-0.1, -0.05) is 17.7 Å². The van der Waals surface area contributed by atoms with Crippen LogP contribution in [-0.4, -0.2) is 51.8 Å². The highest BCUT2D eigenvalue weighted by Gasteiger charge is 2.24. The summed E-state index contributed by atoms with van der Waals surface area (Å²) >= 11 is 9.31. The summed E-state index contributed by atoms with van der Waals surface area (Å²) < 4.78 is 1.88. The van der Waals surface area contributed by atoms with Crippen LogP contribution in [0.3, 0.4) is 0 Å². The number of hydrogen-bond acceptors (Lipinski definition) is 6. The van der Waals surface area contributed by atoms with E-state index in [4.69, 9.17) is 11.6 Å². The largest absolute Gasteiger partial charge is 0.346 e. The molecule has 1 saturated heterocycles. The lowest BCUT2D eigenvalue weighted by molar-refractivity contribution is 0.0772. The minimum Gasteiger partial charge on any atom is -0.346 e. The molecule has 1 amide bonds. The standard InChI is InChI=1S/C21H20ClN5OS2/c1-14-17-13-18(30-20(17)27(24-14)16-5-2-4-15(22)12-16)19(28)25-7-3-8-26(10-9-25)21-23-6-11-29-21/h2,4-6,11-13H,3,7-10H2,1H3. The molecule has 4 aromatic rings. The van der Waals surface area contributed by atoms with E-state index in [2.05, 4.69) is 15.0 Å². The minimum atomic E-state index is 0.0919. The molecule has 1 aliphatic heterocycles. The maximum absolute atomic E-state index is 13.3. The average molecular weight is 458 g/mol. The molecule has 1 fully saturated rings. The Morgan fingerprint density at radius 2 is 2.07 bits per heavy atom. The molecule has 1 aromatic carbocycles. The Balaban J connectivity index is 1.41. The zero-order valence-electron chi connectivity index (χ0n) is 16.4. The topological polar surface area (TPSA) is 54.3 Å². The first kappa shape index (κ1) is 19.5. The van der Waals surface area contributed by atoms with Gasteiger partial charge < -0.3 is 9.80 Å². The van der Waals surface area contributed by atoms with Crippen molar-refractivity contribution < 1.29 is 4.79 Å². The van der Waals surface area contributed by atoms with Crippen LogP contribution in [-0.2, 0) is 0 Å². The minimum absolute atomic E-state index is 0.0919. The molecule has 5 rings (SSSR count). The smallest absolute Gasteiger partial charge is 0.264 e. The van der Waals surface area contributed by atoms with E-state index in [-0.39, 0.29) is 5.91 Å². The Hall–Kier alpha value is -2.42. The zero-order valence-corrected chi connectivity index (χ0v) is 18.8. The lowest BCUT2D eigenvalue weighted by Crippen LogP contribution is -2.34. The molecule has 9 heteroatoms. The summed E-state index contributed by atoms with van der Waals surface area (Å²) in [5, 5.41) is 9.36. The van der Waals surface area contributed by atoms with Crippen molar-refractivity contribution in [3.8, 4) is 5.69 Å². The van der Waals surface area contributed by atoms with E-state index in [0.717, 1.165) is 57.7 Å². The van der Waals surface area contributed by atoms with Crippen LogP contribution in [0.15, 0.2) is 41.9 Å². The van der Waals surface area contributed by atoms with Crippen molar-refractivity contribution in [2.24, 2.45) is 0 Å². The van der Waals surface area contributed by atoms with Crippen molar-refractivity contribution in [3.63, 3.8) is 0 Å². The first-order valence-electron chi connectivity index (χ1n) is 9.79. The molecule has 0 N–H and O–H groups in total. The number of benzene rings is 1. The van der Waals surface area contributed by atoms with E-state index in [1.54, 1.807) is 11.3 Å². The number of rotatable bonds is 3. The van der Waals surface area contributed by atoms with E-state index < -0.39 is 0 Å². The van der Waals surface area contributed by atoms with Crippen LogP contribution >= 0.6 is 34.3 Å². The summed E-state index contributed by atoms with van der Waals surface area (Å²) in [5.74, 6) is 0.0919. The van der Waals surface area contributed by atoms with Gasteiger partial charge in [-0.25, -0.2) is 9.67 Å². The Kier molecular flexibility index (Phi) is 5.22. The highest BCUT2D eigenvalue weighted by atomic mass is 35.5. The van der Waals surface area contributed by atoms with Crippen molar-refractivity contribution in [1.82, 2.24) is 19.7 Å². The number of carbonyl (C=O) groups excluding carboxylic acids is 1. The molecule has 4 heterocycles. The van der Waals surface area contributed by atoms with Gasteiger partial charge in [0.25, 0.3) is 5.91 Å². The number of aromatic nitrogens is 3. The van der Waals surface area contributed by atoms with Gasteiger partial charge in [0, 0.05) is 48.2 Å². The van der Waals surface area contributed by atoms with Crippen LogP contribution in [0.2, 0.25) is 5.02 Å². The molecule has 154 valence electrons. The van der Waals surface area contributed by atoms with Crippen LogP contribution in [0, 0.1) is 6.92 Å². The summed E-state index contributed by atoms with van der Waals surface area (Å²) in [6.07, 6.45) is 2.77. The summed E-state index contributed by atoms with van der Waals surface area (Å²) in [6.45, 7) is 5.16. The fourth-order valence-corrected chi connectivity index (χ4v) is 5.81. The second-order valence-electron chi connectivity index (χ2n) is 7.25. The first-order valence-corrected chi connectivity index (χ1v) is 11.9. The van der Waals surface area contributed by atoms with Gasteiger partial charge in [0.1, 0.15) is 4.83 Å². The second-order valence-corrected chi connectivity index (χ2v) is 9.59. The lowest BCUT2D eigenvalue weighted by atomic mass is 10.3. The molecule has 3 aromatic heterocycles. The van der Waals surface area contributed by atoms with Crippen molar-refractivity contribution >= 4 is 55.5 Å². The molecule has 0 atom stereocenters. The van der Waals surface area contributed by atoms with Crippen LogP contribution < -0.4 is 4.90 Å². The average Bonchev–Trinajstić information content (AvgIpc) is 3.43. The lowest BCUT2D eigenvalue weighted by Gasteiger charge is -2.21. The third-order valence-electron chi connectivity index (χ3n) is 5.28. The summed E-state index contributed by atoms with van der Waals surface area (Å²) in [5.41, 5.74) is 1.81. The number of thiazole rings is 1. The third kappa shape index (κ3) is 3.59. The molecule has 0 bridgehead atoms. The number of aryl methyl sites for hydroxylation is 1. The fraction of sp³-hybridized carbons (Fsp3) is 0.286. The second kappa shape index (κ2) is 8.02. The monoisotopic (exact) mass is 457 g/mol. The van der Waals surface area contributed by atoms with Crippen LogP contribution in [0.1, 0.15) is 21.8 Å². The number of anilines is 1. The summed E-state index contributed by atoms with van der Waals surface area (Å²) in [7, 11) is 0. The predicted octanol–water partition coefficient (Wildman–Crippen LogP) is 4.86. The third-order valence-corrected chi connectivity index (χ3v) is 7.45. The van der Waals surface area contributed by atoms with Gasteiger partial charge in [0.15, 0.2) is 5.13 Å². The molecule has 0 radical (unpaired) electrons. The fourth-order valence-electron chi connectivity index (χ4n) is 3.78. The Labute approximate surface area is 187 Å². The Bertz CT molecular complexity index is 1200. The van der Waals surface area contributed by atoms with Gasteiger partial charge in [-0.3, -0.25) is 4.79 Å². The van der Waals surface area contributed by atoms with Gasteiger partial charge >= 0.3 is 0 Å². The van der Waals surface area contributed by atoms with E-state index in [1.165, 1.54) is 11.3 Å². The summed E-state index contributed by atoms with van der Waals surface area (Å²) in [6, 6.07) is 9.59. The van der Waals surface area contributed by atoms with Crippen molar-refractivity contribution in [3.05, 3.63) is 57.5 Å². The highest BCUT2D eigenvalue weighted by Crippen LogP contribution is 2.32. The molecule has 30 heavy (non-hydrogen) atoms. The van der Waals surface area contributed by atoms with Crippen LogP contribution in [0.25, 0.3) is 15.9 Å². The number of thiophene rings is 1. The van der Waals surface area contributed by atoms with Crippen molar-refractivity contribution in [2.75, 3.05) is 31.1 Å². The molecular formula is C21H20ClN5OS2. The van der Waals surface area contributed by atoms with Gasteiger partial charge in [0.05, 0.1) is 16.3 Å². The van der Waals surface area contributed by atoms with Gasteiger partial charge in [-0.2, -0.15) is 5.10 Å². The Morgan fingerprint density at radius 3 is 2.87 bits per heavy atom. The number of nitrogens with zero attached hydrogens (tertiary/aromatic N) is 5. The number of halogens is 1. The molecule has 1 aliphatic rings. The van der Waals surface area contributed by atoms with Crippen molar-refractivity contribution in [1.29, 1.82) is 0 Å². The van der Waals surface area contributed by atoms with Crippen LogP contribution in [0.4, 0.5) is 5.13 Å². The molecule has 0 spiro atoms. The van der Waals surface area contributed by atoms with Gasteiger partial charge in [-0.05, 0) is 37.6 Å². The molecule has 6 nitrogen and oxygen atoms in total. The van der Waals surface area contributed by atoms with E-state index in [0.29, 0.717) is 11.6 Å². The maximum atomic E-state index is 13.3. The van der Waals surface area contributed by atoms with Crippen molar-refractivity contribution in [2.45, 2.75) is 13.3 Å². The number of carbonyl (C=O) groups is 1. The maximum Gasteiger partial charge on any atom is 0.264 e.